The van der Waals surface area contributed by atoms with Crippen LogP contribution in [0.1, 0.15) is 32.3 Å². The molecule has 0 aromatic heterocycles. The first-order valence-electron chi connectivity index (χ1n) is 8.32. The Bertz CT molecular complexity index is 832. The van der Waals surface area contributed by atoms with E-state index < -0.39 is 41.3 Å². The van der Waals surface area contributed by atoms with E-state index in [1.807, 2.05) is 0 Å². The SMILES string of the molecule is C[C@](C#N)(NC(=O)CN1C(=O)N[C@@](C)(c2ccccc2F)C1=O)C1CC1. The predicted octanol–water partition coefficient (Wildman–Crippen LogP) is 1.40. The highest BCUT2D eigenvalue weighted by Crippen LogP contribution is 2.39. The second-order valence-electron chi connectivity index (χ2n) is 7.06. The fraction of sp³-hybridized carbons (Fsp3) is 0.444. The Kier molecular flexibility index (Phi) is 4.18. The Morgan fingerprint density at radius 2 is 2.12 bits per heavy atom. The van der Waals surface area contributed by atoms with Gasteiger partial charge in [-0.1, -0.05) is 18.2 Å². The Balaban J connectivity index is 1.76. The molecule has 1 aromatic carbocycles. The number of halogens is 1. The molecular weight excluding hydrogens is 339 g/mol. The molecule has 1 saturated heterocycles. The summed E-state index contributed by atoms with van der Waals surface area (Å²) in [5, 5.41) is 14.4. The molecular formula is C18H19FN4O3. The van der Waals surface area contributed by atoms with Gasteiger partial charge in [0.25, 0.3) is 5.91 Å². The summed E-state index contributed by atoms with van der Waals surface area (Å²) in [5.41, 5.74) is -2.58. The van der Waals surface area contributed by atoms with Gasteiger partial charge in [-0.2, -0.15) is 5.26 Å². The molecule has 26 heavy (non-hydrogen) atoms. The molecule has 4 amide bonds. The monoisotopic (exact) mass is 358 g/mol. The lowest BCUT2D eigenvalue weighted by atomic mass is 9.91. The van der Waals surface area contributed by atoms with E-state index in [9.17, 15) is 24.0 Å². The van der Waals surface area contributed by atoms with Crippen LogP contribution in [0.25, 0.3) is 0 Å². The van der Waals surface area contributed by atoms with Gasteiger partial charge >= 0.3 is 6.03 Å². The fourth-order valence-corrected chi connectivity index (χ4v) is 3.24. The minimum Gasteiger partial charge on any atom is -0.336 e. The van der Waals surface area contributed by atoms with Crippen LogP contribution in [0.2, 0.25) is 0 Å². The zero-order chi connectivity index (χ0) is 19.1. The van der Waals surface area contributed by atoms with Crippen molar-refractivity contribution in [2.75, 3.05) is 6.54 Å². The van der Waals surface area contributed by atoms with Gasteiger partial charge in [0.1, 0.15) is 23.4 Å². The molecule has 1 aromatic rings. The summed E-state index contributed by atoms with van der Waals surface area (Å²) < 4.78 is 14.1. The minimum atomic E-state index is -1.59. The smallest absolute Gasteiger partial charge is 0.325 e. The molecule has 136 valence electrons. The quantitative estimate of drug-likeness (QED) is 0.777. The molecule has 2 aliphatic rings. The first-order valence-corrected chi connectivity index (χ1v) is 8.32. The molecule has 2 atom stereocenters. The standard InChI is InChI=1S/C18H19FN4O3/c1-17(10-20,11-7-8-11)21-14(24)9-23-15(25)18(2,22-16(23)26)12-5-3-4-6-13(12)19/h3-6,11H,7-9H2,1-2H3,(H,21,24)(H,22,26)/t17-,18+/m1/s1. The highest BCUT2D eigenvalue weighted by Gasteiger charge is 2.51. The van der Waals surface area contributed by atoms with Crippen molar-refractivity contribution in [3.8, 4) is 6.07 Å². The number of imide groups is 1. The summed E-state index contributed by atoms with van der Waals surface area (Å²) in [5.74, 6) is -1.88. The largest absolute Gasteiger partial charge is 0.336 e. The summed E-state index contributed by atoms with van der Waals surface area (Å²) in [4.78, 5) is 38.0. The van der Waals surface area contributed by atoms with E-state index in [0.717, 1.165) is 17.7 Å². The second-order valence-corrected chi connectivity index (χ2v) is 7.06. The van der Waals surface area contributed by atoms with Gasteiger partial charge in [0, 0.05) is 5.56 Å². The Morgan fingerprint density at radius 1 is 1.46 bits per heavy atom. The van der Waals surface area contributed by atoms with Crippen molar-refractivity contribution in [1.29, 1.82) is 5.26 Å². The molecule has 1 aliphatic heterocycles. The summed E-state index contributed by atoms with van der Waals surface area (Å²) in [6, 6.07) is 6.96. The molecule has 0 unspecified atom stereocenters. The van der Waals surface area contributed by atoms with Gasteiger partial charge in [-0.3, -0.25) is 14.5 Å². The molecule has 1 aliphatic carbocycles. The van der Waals surface area contributed by atoms with E-state index in [1.54, 1.807) is 13.0 Å². The maximum atomic E-state index is 14.1. The summed E-state index contributed by atoms with van der Waals surface area (Å²) in [6.07, 6.45) is 1.69. The van der Waals surface area contributed by atoms with Crippen LogP contribution in [0.5, 0.6) is 0 Å². The number of amides is 4. The number of nitrogens with zero attached hydrogens (tertiary/aromatic N) is 2. The van der Waals surface area contributed by atoms with Crippen molar-refractivity contribution >= 4 is 17.8 Å². The van der Waals surface area contributed by atoms with E-state index in [0.29, 0.717) is 0 Å². The number of nitrogens with one attached hydrogen (secondary N) is 2. The molecule has 0 bridgehead atoms. The lowest BCUT2D eigenvalue weighted by molar-refractivity contribution is -0.135. The van der Waals surface area contributed by atoms with Crippen molar-refractivity contribution in [3.05, 3.63) is 35.6 Å². The number of hydrogen-bond acceptors (Lipinski definition) is 4. The van der Waals surface area contributed by atoms with Gasteiger partial charge in [0.15, 0.2) is 0 Å². The molecule has 7 nitrogen and oxygen atoms in total. The van der Waals surface area contributed by atoms with E-state index in [4.69, 9.17) is 0 Å². The Hall–Kier alpha value is -2.95. The molecule has 0 spiro atoms. The number of urea groups is 1. The van der Waals surface area contributed by atoms with Gasteiger partial charge in [-0.25, -0.2) is 9.18 Å². The average molecular weight is 358 g/mol. The Labute approximate surface area is 150 Å². The lowest BCUT2D eigenvalue weighted by Crippen LogP contribution is -2.51. The maximum absolute atomic E-state index is 14.1. The number of nitriles is 1. The van der Waals surface area contributed by atoms with Crippen molar-refractivity contribution in [2.45, 2.75) is 37.8 Å². The van der Waals surface area contributed by atoms with E-state index in [2.05, 4.69) is 16.7 Å². The number of carbonyl (C=O) groups is 3. The van der Waals surface area contributed by atoms with E-state index >= 15 is 0 Å². The third kappa shape index (κ3) is 2.90. The third-order valence-corrected chi connectivity index (χ3v) is 5.01. The topological polar surface area (TPSA) is 102 Å². The highest BCUT2D eigenvalue weighted by molar-refractivity contribution is 6.09. The van der Waals surface area contributed by atoms with Crippen LogP contribution in [0, 0.1) is 23.1 Å². The zero-order valence-electron chi connectivity index (χ0n) is 14.5. The van der Waals surface area contributed by atoms with Gasteiger partial charge in [-0.15, -0.1) is 0 Å². The normalized spacial score (nSPS) is 24.6. The van der Waals surface area contributed by atoms with Crippen molar-refractivity contribution in [1.82, 2.24) is 15.5 Å². The second kappa shape index (κ2) is 6.09. The van der Waals surface area contributed by atoms with Gasteiger partial charge in [0.05, 0.1) is 6.07 Å². The molecule has 3 rings (SSSR count). The van der Waals surface area contributed by atoms with Crippen LogP contribution in [0.15, 0.2) is 24.3 Å². The average Bonchev–Trinajstić information content (AvgIpc) is 3.41. The summed E-state index contributed by atoms with van der Waals surface area (Å²) >= 11 is 0. The molecule has 2 N–H and O–H groups in total. The van der Waals surface area contributed by atoms with Crippen molar-refractivity contribution in [2.24, 2.45) is 5.92 Å². The number of hydrogen-bond donors (Lipinski definition) is 2. The Morgan fingerprint density at radius 3 is 2.69 bits per heavy atom. The van der Waals surface area contributed by atoms with Gasteiger partial charge in [-0.05, 0) is 38.7 Å². The van der Waals surface area contributed by atoms with Crippen LogP contribution in [-0.4, -0.2) is 34.8 Å². The summed E-state index contributed by atoms with van der Waals surface area (Å²) in [7, 11) is 0. The molecule has 1 saturated carbocycles. The molecule has 0 radical (unpaired) electrons. The zero-order valence-corrected chi connectivity index (χ0v) is 14.5. The lowest BCUT2D eigenvalue weighted by Gasteiger charge is -2.25. The summed E-state index contributed by atoms with van der Waals surface area (Å²) in [6.45, 7) is 2.49. The highest BCUT2D eigenvalue weighted by atomic mass is 19.1. The van der Waals surface area contributed by atoms with Crippen LogP contribution in [-0.2, 0) is 15.1 Å². The first-order chi connectivity index (χ1) is 12.2. The fourth-order valence-electron chi connectivity index (χ4n) is 3.24. The third-order valence-electron chi connectivity index (χ3n) is 5.01. The number of benzene rings is 1. The predicted molar refractivity (Wildman–Crippen MR) is 88.9 cm³/mol. The van der Waals surface area contributed by atoms with Gasteiger partial charge < -0.3 is 10.6 Å². The van der Waals surface area contributed by atoms with Gasteiger partial charge in [0.2, 0.25) is 5.91 Å². The van der Waals surface area contributed by atoms with Crippen molar-refractivity contribution in [3.63, 3.8) is 0 Å². The number of rotatable bonds is 5. The molecule has 8 heteroatoms. The van der Waals surface area contributed by atoms with Crippen LogP contribution >= 0.6 is 0 Å². The molecule has 2 fully saturated rings. The van der Waals surface area contributed by atoms with Crippen molar-refractivity contribution < 1.29 is 18.8 Å². The van der Waals surface area contributed by atoms with E-state index in [-0.39, 0.29) is 11.5 Å². The molecule has 1 heterocycles. The van der Waals surface area contributed by atoms with Crippen LogP contribution < -0.4 is 10.6 Å². The van der Waals surface area contributed by atoms with Crippen LogP contribution in [0.4, 0.5) is 9.18 Å². The number of carbonyl (C=O) groups excluding carboxylic acids is 3. The van der Waals surface area contributed by atoms with E-state index in [1.165, 1.54) is 25.1 Å². The van der Waals surface area contributed by atoms with Crippen LogP contribution in [0.3, 0.4) is 0 Å². The first kappa shape index (κ1) is 17.9. The minimum absolute atomic E-state index is 0.0288. The maximum Gasteiger partial charge on any atom is 0.325 e.